The van der Waals surface area contributed by atoms with E-state index in [0.29, 0.717) is 0 Å². The summed E-state index contributed by atoms with van der Waals surface area (Å²) in [6.45, 7) is 3.07. The number of hydrogen-bond acceptors (Lipinski definition) is 3. The fourth-order valence-electron chi connectivity index (χ4n) is 2.10. The number of rotatable bonds is 4. The number of fused-ring (bicyclic) bond motifs is 1. The van der Waals surface area contributed by atoms with Crippen LogP contribution in [-0.4, -0.2) is 9.38 Å². The molecule has 4 heteroatoms. The molecule has 0 aromatic carbocycles. The van der Waals surface area contributed by atoms with Gasteiger partial charge < -0.3 is 5.32 Å². The van der Waals surface area contributed by atoms with E-state index in [1.54, 1.807) is 0 Å². The van der Waals surface area contributed by atoms with Crippen LogP contribution in [0.4, 0.5) is 5.82 Å². The van der Waals surface area contributed by atoms with E-state index in [0.717, 1.165) is 24.4 Å². The number of anilines is 1. The quantitative estimate of drug-likeness (QED) is 0.774. The number of nitrogens with zero attached hydrogens (tertiary/aromatic N) is 2. The third kappa shape index (κ3) is 1.99. The largest absolute Gasteiger partial charge is 0.366 e. The lowest BCUT2D eigenvalue weighted by molar-refractivity contribution is 1.05. The number of nitrogens with one attached hydrogen (secondary N) is 1. The van der Waals surface area contributed by atoms with Gasteiger partial charge in [-0.1, -0.05) is 13.0 Å². The van der Waals surface area contributed by atoms with Crippen LogP contribution in [0.2, 0.25) is 0 Å². The van der Waals surface area contributed by atoms with Gasteiger partial charge in [-0.25, -0.2) is 4.98 Å². The Balaban J connectivity index is 1.83. The predicted octanol–water partition coefficient (Wildman–Crippen LogP) is 3.57. The lowest BCUT2D eigenvalue weighted by Crippen LogP contribution is -2.03. The molecule has 0 atom stereocenters. The maximum Gasteiger partial charge on any atom is 0.138 e. The number of pyridine rings is 1. The molecule has 0 radical (unpaired) electrons. The molecule has 0 bridgehead atoms. The Kier molecular flexibility index (Phi) is 3.02. The molecule has 3 aromatic heterocycles. The summed E-state index contributed by atoms with van der Waals surface area (Å²) in [4.78, 5) is 5.70. The van der Waals surface area contributed by atoms with Crippen LogP contribution < -0.4 is 5.32 Å². The standard InChI is InChI=1S/C14H15N3S/c1-2-11-6-9-18-12(11)10-16-14-5-3-4-13-15-7-8-17(13)14/h3-9,16H,2,10H2,1H3. The van der Waals surface area contributed by atoms with Crippen molar-refractivity contribution in [3.8, 4) is 0 Å². The van der Waals surface area contributed by atoms with Crippen molar-refractivity contribution >= 4 is 22.8 Å². The third-order valence-corrected chi connectivity index (χ3v) is 4.04. The SMILES string of the molecule is CCc1ccsc1CNc1cccc2nccn12. The zero-order valence-corrected chi connectivity index (χ0v) is 11.1. The van der Waals surface area contributed by atoms with Crippen LogP contribution in [0.25, 0.3) is 5.65 Å². The highest BCUT2D eigenvalue weighted by molar-refractivity contribution is 7.10. The predicted molar refractivity (Wildman–Crippen MR) is 76.2 cm³/mol. The fourth-order valence-corrected chi connectivity index (χ4v) is 3.02. The zero-order chi connectivity index (χ0) is 12.4. The van der Waals surface area contributed by atoms with Gasteiger partial charge in [-0.05, 0) is 35.6 Å². The summed E-state index contributed by atoms with van der Waals surface area (Å²) in [5.74, 6) is 1.08. The van der Waals surface area contributed by atoms with Crippen LogP contribution in [0, 0.1) is 0 Å². The van der Waals surface area contributed by atoms with Gasteiger partial charge in [0.15, 0.2) is 0 Å². The number of hydrogen-bond donors (Lipinski definition) is 1. The van der Waals surface area contributed by atoms with Crippen LogP contribution in [0.15, 0.2) is 42.0 Å². The number of aromatic nitrogens is 2. The second-order valence-electron chi connectivity index (χ2n) is 4.14. The average molecular weight is 257 g/mol. The Bertz CT molecular complexity index is 654. The normalized spacial score (nSPS) is 10.9. The molecule has 0 aliphatic rings. The summed E-state index contributed by atoms with van der Waals surface area (Å²) in [7, 11) is 0. The van der Waals surface area contributed by atoms with E-state index in [4.69, 9.17) is 0 Å². The first-order chi connectivity index (χ1) is 8.88. The van der Waals surface area contributed by atoms with Crippen molar-refractivity contribution < 1.29 is 0 Å². The molecule has 3 aromatic rings. The van der Waals surface area contributed by atoms with Gasteiger partial charge in [0.1, 0.15) is 11.5 Å². The Morgan fingerprint density at radius 1 is 1.33 bits per heavy atom. The highest BCUT2D eigenvalue weighted by Gasteiger charge is 2.04. The minimum Gasteiger partial charge on any atom is -0.366 e. The van der Waals surface area contributed by atoms with Gasteiger partial charge in [0.05, 0.1) is 6.54 Å². The van der Waals surface area contributed by atoms with Gasteiger partial charge in [-0.15, -0.1) is 11.3 Å². The molecule has 3 rings (SSSR count). The van der Waals surface area contributed by atoms with Crippen LogP contribution in [-0.2, 0) is 13.0 Å². The molecule has 0 saturated heterocycles. The maximum absolute atomic E-state index is 4.28. The van der Waals surface area contributed by atoms with E-state index < -0.39 is 0 Å². The van der Waals surface area contributed by atoms with E-state index in [-0.39, 0.29) is 0 Å². The molecule has 0 unspecified atom stereocenters. The average Bonchev–Trinajstić information content (AvgIpc) is 3.04. The zero-order valence-electron chi connectivity index (χ0n) is 10.3. The highest BCUT2D eigenvalue weighted by Crippen LogP contribution is 2.19. The molecule has 3 heterocycles. The molecule has 0 spiro atoms. The van der Waals surface area contributed by atoms with Gasteiger partial charge in [-0.2, -0.15) is 0 Å². The van der Waals surface area contributed by atoms with E-state index in [9.17, 15) is 0 Å². The maximum atomic E-state index is 4.28. The van der Waals surface area contributed by atoms with Gasteiger partial charge in [0.2, 0.25) is 0 Å². The Hall–Kier alpha value is -1.81. The van der Waals surface area contributed by atoms with Crippen LogP contribution >= 0.6 is 11.3 Å². The Morgan fingerprint density at radius 2 is 2.28 bits per heavy atom. The Labute approximate surface area is 110 Å². The molecule has 0 aliphatic carbocycles. The summed E-state index contributed by atoms with van der Waals surface area (Å²) in [6, 6.07) is 8.32. The molecule has 0 aliphatic heterocycles. The van der Waals surface area contributed by atoms with Crippen molar-refractivity contribution in [2.24, 2.45) is 0 Å². The van der Waals surface area contributed by atoms with E-state index in [2.05, 4.69) is 39.1 Å². The molecule has 18 heavy (non-hydrogen) atoms. The summed E-state index contributed by atoms with van der Waals surface area (Å²) in [6.07, 6.45) is 4.89. The number of aryl methyl sites for hydroxylation is 1. The van der Waals surface area contributed by atoms with Crippen molar-refractivity contribution in [1.82, 2.24) is 9.38 Å². The van der Waals surface area contributed by atoms with Gasteiger partial charge in [0, 0.05) is 17.3 Å². The lowest BCUT2D eigenvalue weighted by Gasteiger charge is -2.08. The molecular weight excluding hydrogens is 242 g/mol. The molecule has 92 valence electrons. The van der Waals surface area contributed by atoms with Gasteiger partial charge in [0.25, 0.3) is 0 Å². The molecule has 3 nitrogen and oxygen atoms in total. The van der Waals surface area contributed by atoms with E-state index in [1.165, 1.54) is 10.4 Å². The first kappa shape index (κ1) is 11.3. The summed E-state index contributed by atoms with van der Waals surface area (Å²) in [5, 5.41) is 5.64. The molecule has 0 amide bonds. The van der Waals surface area contributed by atoms with Crippen molar-refractivity contribution in [3.63, 3.8) is 0 Å². The second kappa shape index (κ2) is 4.82. The molecular formula is C14H15N3S. The monoisotopic (exact) mass is 257 g/mol. The number of thiophene rings is 1. The van der Waals surface area contributed by atoms with Crippen molar-refractivity contribution in [2.45, 2.75) is 19.9 Å². The van der Waals surface area contributed by atoms with Crippen LogP contribution in [0.3, 0.4) is 0 Å². The van der Waals surface area contributed by atoms with Crippen LogP contribution in [0.5, 0.6) is 0 Å². The van der Waals surface area contributed by atoms with Gasteiger partial charge >= 0.3 is 0 Å². The lowest BCUT2D eigenvalue weighted by atomic mass is 10.2. The van der Waals surface area contributed by atoms with Crippen molar-refractivity contribution in [3.05, 3.63) is 52.5 Å². The minimum atomic E-state index is 0.873. The minimum absolute atomic E-state index is 0.873. The molecule has 0 saturated carbocycles. The van der Waals surface area contributed by atoms with E-state index >= 15 is 0 Å². The topological polar surface area (TPSA) is 29.3 Å². The smallest absolute Gasteiger partial charge is 0.138 e. The highest BCUT2D eigenvalue weighted by atomic mass is 32.1. The molecule has 0 fully saturated rings. The Morgan fingerprint density at radius 3 is 3.17 bits per heavy atom. The second-order valence-corrected chi connectivity index (χ2v) is 5.14. The van der Waals surface area contributed by atoms with Gasteiger partial charge in [-0.3, -0.25) is 4.40 Å². The molecule has 1 N–H and O–H groups in total. The van der Waals surface area contributed by atoms with E-state index in [1.807, 2.05) is 35.9 Å². The first-order valence-electron chi connectivity index (χ1n) is 6.09. The number of imidazole rings is 1. The summed E-state index contributed by atoms with van der Waals surface area (Å²) in [5.41, 5.74) is 2.41. The van der Waals surface area contributed by atoms with Crippen molar-refractivity contribution in [1.29, 1.82) is 0 Å². The summed E-state index contributed by atoms with van der Waals surface area (Å²) >= 11 is 1.81. The van der Waals surface area contributed by atoms with Crippen LogP contribution in [0.1, 0.15) is 17.4 Å². The first-order valence-corrected chi connectivity index (χ1v) is 6.97. The summed E-state index contributed by atoms with van der Waals surface area (Å²) < 4.78 is 2.07. The third-order valence-electron chi connectivity index (χ3n) is 3.08. The van der Waals surface area contributed by atoms with Crippen molar-refractivity contribution in [2.75, 3.05) is 5.32 Å². The fraction of sp³-hybridized carbons (Fsp3) is 0.214.